The first-order valence-electron chi connectivity index (χ1n) is 8.34. The second-order valence-electron chi connectivity index (χ2n) is 6.66. The zero-order chi connectivity index (χ0) is 18.1. The molecule has 3 rings (SSSR count). The summed E-state index contributed by atoms with van der Waals surface area (Å²) in [6.07, 6.45) is 1.90. The third-order valence-electron chi connectivity index (χ3n) is 4.58. The lowest BCUT2D eigenvalue weighted by Gasteiger charge is -2.15. The number of carbonyl (C=O) groups excluding carboxylic acids is 1. The molecule has 6 heteroatoms. The van der Waals surface area contributed by atoms with E-state index in [1.165, 1.54) is 0 Å². The lowest BCUT2D eigenvalue weighted by Crippen LogP contribution is -2.28. The summed E-state index contributed by atoms with van der Waals surface area (Å²) >= 11 is 0. The van der Waals surface area contributed by atoms with Crippen molar-refractivity contribution in [1.82, 2.24) is 15.3 Å². The second kappa shape index (κ2) is 6.63. The van der Waals surface area contributed by atoms with Crippen LogP contribution in [0.5, 0.6) is 0 Å². The van der Waals surface area contributed by atoms with Gasteiger partial charge in [-0.25, -0.2) is 9.97 Å². The van der Waals surface area contributed by atoms with E-state index in [4.69, 9.17) is 0 Å². The second-order valence-corrected chi connectivity index (χ2v) is 6.66. The number of benzene rings is 1. The van der Waals surface area contributed by atoms with Crippen LogP contribution in [0.1, 0.15) is 71.1 Å². The monoisotopic (exact) mass is 339 g/mol. The number of hydrogen-bond acceptors (Lipinski definition) is 4. The summed E-state index contributed by atoms with van der Waals surface area (Å²) in [6, 6.07) is 7.03. The molecule has 1 amide bonds. The van der Waals surface area contributed by atoms with Crippen molar-refractivity contribution in [2.45, 2.75) is 45.1 Å². The van der Waals surface area contributed by atoms with Gasteiger partial charge in [0.2, 0.25) is 0 Å². The Balaban J connectivity index is 1.84. The van der Waals surface area contributed by atoms with Gasteiger partial charge in [-0.15, -0.1) is 0 Å². The van der Waals surface area contributed by atoms with Gasteiger partial charge < -0.3 is 10.4 Å². The van der Waals surface area contributed by atoms with Gasteiger partial charge in [-0.2, -0.15) is 0 Å². The largest absolute Gasteiger partial charge is 0.481 e. The molecule has 2 aromatic rings. The molecule has 130 valence electrons. The predicted octanol–water partition coefficient (Wildman–Crippen LogP) is 2.95. The molecule has 0 saturated carbocycles. The Kier molecular flexibility index (Phi) is 4.53. The topological polar surface area (TPSA) is 92.2 Å². The van der Waals surface area contributed by atoms with Gasteiger partial charge in [-0.3, -0.25) is 9.59 Å². The first kappa shape index (κ1) is 17.1. The highest BCUT2D eigenvalue weighted by Gasteiger charge is 2.36. The van der Waals surface area contributed by atoms with Gasteiger partial charge in [-0.05, 0) is 24.5 Å². The van der Waals surface area contributed by atoms with E-state index in [1.54, 1.807) is 13.1 Å². The van der Waals surface area contributed by atoms with E-state index in [0.717, 1.165) is 11.1 Å². The Morgan fingerprint density at radius 1 is 1.24 bits per heavy atom. The van der Waals surface area contributed by atoms with Crippen LogP contribution in [-0.4, -0.2) is 27.0 Å². The van der Waals surface area contributed by atoms with Crippen molar-refractivity contribution in [3.8, 4) is 0 Å². The highest BCUT2D eigenvalue weighted by molar-refractivity contribution is 5.95. The van der Waals surface area contributed by atoms with E-state index < -0.39 is 11.9 Å². The van der Waals surface area contributed by atoms with Crippen LogP contribution in [0, 0.1) is 6.92 Å². The maximum absolute atomic E-state index is 12.7. The zero-order valence-corrected chi connectivity index (χ0v) is 14.5. The highest BCUT2D eigenvalue weighted by atomic mass is 16.4. The molecule has 2 unspecified atom stereocenters. The van der Waals surface area contributed by atoms with E-state index in [0.29, 0.717) is 23.5 Å². The number of aryl methyl sites for hydroxylation is 1. The predicted molar refractivity (Wildman–Crippen MR) is 92.5 cm³/mol. The van der Waals surface area contributed by atoms with E-state index in [9.17, 15) is 14.7 Å². The summed E-state index contributed by atoms with van der Waals surface area (Å²) in [5, 5.41) is 12.4. The van der Waals surface area contributed by atoms with E-state index in [-0.39, 0.29) is 17.9 Å². The Morgan fingerprint density at radius 2 is 1.92 bits per heavy atom. The Bertz CT molecular complexity index is 832. The highest BCUT2D eigenvalue weighted by Crippen LogP contribution is 2.40. The molecule has 1 aliphatic carbocycles. The third kappa shape index (κ3) is 3.24. The molecule has 0 aliphatic heterocycles. The molecule has 1 heterocycles. The average Bonchev–Trinajstić information content (AvgIpc) is 2.93. The summed E-state index contributed by atoms with van der Waals surface area (Å²) in [6.45, 7) is 5.77. The van der Waals surface area contributed by atoms with Gasteiger partial charge in [0, 0.05) is 12.1 Å². The number of rotatable bonds is 4. The average molecular weight is 339 g/mol. The summed E-state index contributed by atoms with van der Waals surface area (Å²) < 4.78 is 0. The number of carboxylic acids is 1. The lowest BCUT2D eigenvalue weighted by atomic mass is 10.0. The number of aromatic nitrogens is 2. The molecule has 1 aliphatic rings. The molecule has 1 aromatic heterocycles. The van der Waals surface area contributed by atoms with Crippen molar-refractivity contribution in [3.05, 3.63) is 58.7 Å². The third-order valence-corrected chi connectivity index (χ3v) is 4.58. The van der Waals surface area contributed by atoms with Crippen molar-refractivity contribution < 1.29 is 14.7 Å². The van der Waals surface area contributed by atoms with Crippen LogP contribution in [0.25, 0.3) is 0 Å². The number of nitrogens with zero attached hydrogens (tertiary/aromatic N) is 2. The Hall–Kier alpha value is -2.76. The van der Waals surface area contributed by atoms with Crippen LogP contribution in [-0.2, 0) is 4.79 Å². The molecule has 6 nitrogen and oxygen atoms in total. The number of nitrogens with one attached hydrogen (secondary N) is 1. The summed E-state index contributed by atoms with van der Waals surface area (Å²) in [5.74, 6) is -0.856. The zero-order valence-electron chi connectivity index (χ0n) is 14.5. The first-order valence-corrected chi connectivity index (χ1v) is 8.34. The Morgan fingerprint density at radius 3 is 2.52 bits per heavy atom. The minimum Gasteiger partial charge on any atom is -0.481 e. The molecule has 0 saturated heterocycles. The molecular formula is C19H21N3O3. The minimum atomic E-state index is -0.870. The fraction of sp³-hybridized carbons (Fsp3) is 0.368. The van der Waals surface area contributed by atoms with Crippen LogP contribution < -0.4 is 5.32 Å². The standard InChI is InChI=1S/C19H21N3O3/c1-10(2)17-20-9-15(11(3)21-17)18(23)22-16-8-14(19(24)25)12-6-4-5-7-13(12)16/h4-7,9-10,14,16H,8H2,1-3H3,(H,22,23)(H,24,25). The summed E-state index contributed by atoms with van der Waals surface area (Å²) in [5.41, 5.74) is 2.67. The van der Waals surface area contributed by atoms with Crippen LogP contribution in [0.2, 0.25) is 0 Å². The van der Waals surface area contributed by atoms with Gasteiger partial charge in [0.15, 0.2) is 0 Å². The fourth-order valence-electron chi connectivity index (χ4n) is 3.23. The number of hydrogen-bond donors (Lipinski definition) is 2. The molecule has 2 atom stereocenters. The molecule has 0 radical (unpaired) electrons. The van der Waals surface area contributed by atoms with Crippen LogP contribution in [0.15, 0.2) is 30.5 Å². The lowest BCUT2D eigenvalue weighted by molar-refractivity contribution is -0.138. The van der Waals surface area contributed by atoms with Crippen LogP contribution >= 0.6 is 0 Å². The normalized spacial score (nSPS) is 18.9. The number of aliphatic carboxylic acids is 1. The smallest absolute Gasteiger partial charge is 0.311 e. The van der Waals surface area contributed by atoms with Crippen molar-refractivity contribution >= 4 is 11.9 Å². The first-order chi connectivity index (χ1) is 11.9. The molecule has 2 N–H and O–H groups in total. The molecule has 1 aromatic carbocycles. The van der Waals surface area contributed by atoms with Crippen molar-refractivity contribution in [3.63, 3.8) is 0 Å². The molecular weight excluding hydrogens is 318 g/mol. The summed E-state index contributed by atoms with van der Waals surface area (Å²) in [7, 11) is 0. The van der Waals surface area contributed by atoms with Crippen molar-refractivity contribution in [1.29, 1.82) is 0 Å². The van der Waals surface area contributed by atoms with Crippen molar-refractivity contribution in [2.75, 3.05) is 0 Å². The maximum Gasteiger partial charge on any atom is 0.311 e. The number of amides is 1. The van der Waals surface area contributed by atoms with E-state index in [2.05, 4.69) is 15.3 Å². The molecule has 0 bridgehead atoms. The van der Waals surface area contributed by atoms with Gasteiger partial charge >= 0.3 is 5.97 Å². The Labute approximate surface area is 146 Å². The molecule has 25 heavy (non-hydrogen) atoms. The SMILES string of the molecule is Cc1nc(C(C)C)ncc1C(=O)NC1CC(C(=O)O)c2ccccc21. The number of carbonyl (C=O) groups is 2. The number of carboxylic acid groups (broad SMARTS) is 1. The number of fused-ring (bicyclic) bond motifs is 1. The van der Waals surface area contributed by atoms with Crippen molar-refractivity contribution in [2.24, 2.45) is 0 Å². The van der Waals surface area contributed by atoms with Gasteiger partial charge in [0.05, 0.1) is 23.2 Å². The maximum atomic E-state index is 12.7. The van der Waals surface area contributed by atoms with Crippen LogP contribution in [0.4, 0.5) is 0 Å². The molecule has 0 spiro atoms. The fourth-order valence-corrected chi connectivity index (χ4v) is 3.23. The van der Waals surface area contributed by atoms with E-state index >= 15 is 0 Å². The summed E-state index contributed by atoms with van der Waals surface area (Å²) in [4.78, 5) is 32.8. The van der Waals surface area contributed by atoms with Gasteiger partial charge in [0.25, 0.3) is 5.91 Å². The molecule has 0 fully saturated rings. The quantitative estimate of drug-likeness (QED) is 0.893. The van der Waals surface area contributed by atoms with E-state index in [1.807, 2.05) is 38.1 Å². The van der Waals surface area contributed by atoms with Gasteiger partial charge in [-0.1, -0.05) is 38.1 Å². The van der Waals surface area contributed by atoms with Gasteiger partial charge in [0.1, 0.15) is 5.82 Å². The minimum absolute atomic E-state index is 0.189. The van der Waals surface area contributed by atoms with Crippen LogP contribution in [0.3, 0.4) is 0 Å².